The van der Waals surface area contributed by atoms with Crippen molar-refractivity contribution < 1.29 is 14.7 Å². The molecular formula is C18H18BrN5O3. The van der Waals surface area contributed by atoms with Gasteiger partial charge in [0.2, 0.25) is 5.91 Å². The van der Waals surface area contributed by atoms with Crippen LogP contribution in [0.4, 0.5) is 5.82 Å². The second-order valence-corrected chi connectivity index (χ2v) is 7.05. The van der Waals surface area contributed by atoms with Crippen LogP contribution in [0.1, 0.15) is 34.5 Å². The molecule has 1 unspecified atom stereocenters. The molecule has 140 valence electrons. The number of nitrogens with one attached hydrogen (secondary N) is 1. The fourth-order valence-corrected chi connectivity index (χ4v) is 2.98. The van der Waals surface area contributed by atoms with Gasteiger partial charge in [-0.05, 0) is 35.3 Å². The number of amides is 1. The summed E-state index contributed by atoms with van der Waals surface area (Å²) in [6, 6.07) is 7.42. The van der Waals surface area contributed by atoms with E-state index in [2.05, 4.69) is 37.5 Å². The molecule has 2 N–H and O–H groups in total. The van der Waals surface area contributed by atoms with E-state index in [9.17, 15) is 9.59 Å². The molecule has 0 spiro atoms. The summed E-state index contributed by atoms with van der Waals surface area (Å²) in [7, 11) is 0. The van der Waals surface area contributed by atoms with Crippen LogP contribution in [0.15, 0.2) is 47.3 Å². The lowest BCUT2D eigenvalue weighted by atomic mass is 10.1. The zero-order valence-electron chi connectivity index (χ0n) is 14.8. The Hall–Kier alpha value is -2.94. The van der Waals surface area contributed by atoms with Crippen LogP contribution in [-0.4, -0.2) is 36.5 Å². The van der Waals surface area contributed by atoms with Crippen molar-refractivity contribution in [3.8, 4) is 0 Å². The third kappa shape index (κ3) is 4.43. The van der Waals surface area contributed by atoms with E-state index in [0.29, 0.717) is 16.8 Å². The maximum atomic E-state index is 12.5. The van der Waals surface area contributed by atoms with E-state index in [0.717, 1.165) is 5.56 Å². The van der Waals surface area contributed by atoms with E-state index in [4.69, 9.17) is 5.11 Å². The lowest BCUT2D eigenvalue weighted by Crippen LogP contribution is -2.24. The number of anilines is 1. The molecule has 2 aromatic heterocycles. The van der Waals surface area contributed by atoms with Crippen LogP contribution >= 0.6 is 15.9 Å². The van der Waals surface area contributed by atoms with Gasteiger partial charge in [-0.1, -0.05) is 29.8 Å². The van der Waals surface area contributed by atoms with Gasteiger partial charge in [0.15, 0.2) is 5.82 Å². The second kappa shape index (κ2) is 7.75. The van der Waals surface area contributed by atoms with Gasteiger partial charge in [-0.25, -0.2) is 4.79 Å². The number of benzene rings is 1. The predicted molar refractivity (Wildman–Crippen MR) is 103 cm³/mol. The highest BCUT2D eigenvalue weighted by atomic mass is 79.9. The van der Waals surface area contributed by atoms with Gasteiger partial charge < -0.3 is 10.4 Å². The SMILES string of the molecule is Cc1cccc(Cn2cc(Br)c(NC(=O)C(C)n3cc(C(=O)O)cn3)n2)c1. The molecule has 0 saturated carbocycles. The highest BCUT2D eigenvalue weighted by molar-refractivity contribution is 9.10. The molecule has 2 heterocycles. The molecule has 0 bridgehead atoms. The first-order chi connectivity index (χ1) is 12.8. The highest BCUT2D eigenvalue weighted by Crippen LogP contribution is 2.22. The summed E-state index contributed by atoms with van der Waals surface area (Å²) in [5.74, 6) is -1.05. The van der Waals surface area contributed by atoms with E-state index in [1.54, 1.807) is 17.8 Å². The first-order valence-corrected chi connectivity index (χ1v) is 8.99. The van der Waals surface area contributed by atoms with Crippen molar-refractivity contribution in [2.24, 2.45) is 0 Å². The van der Waals surface area contributed by atoms with Gasteiger partial charge >= 0.3 is 5.97 Å². The molecule has 3 aromatic rings. The summed E-state index contributed by atoms with van der Waals surface area (Å²) in [5.41, 5.74) is 2.30. The van der Waals surface area contributed by atoms with Gasteiger partial charge in [-0.2, -0.15) is 10.2 Å². The predicted octanol–water partition coefficient (Wildman–Crippen LogP) is 3.10. The van der Waals surface area contributed by atoms with Crippen LogP contribution in [-0.2, 0) is 11.3 Å². The molecule has 1 aromatic carbocycles. The Morgan fingerprint density at radius 2 is 2.11 bits per heavy atom. The Morgan fingerprint density at radius 3 is 2.78 bits per heavy atom. The smallest absolute Gasteiger partial charge is 0.338 e. The molecule has 0 aliphatic heterocycles. The van der Waals surface area contributed by atoms with Gasteiger partial charge in [0.05, 0.1) is 22.8 Å². The lowest BCUT2D eigenvalue weighted by molar-refractivity contribution is -0.119. The number of carbonyl (C=O) groups is 2. The largest absolute Gasteiger partial charge is 0.478 e. The summed E-state index contributed by atoms with van der Waals surface area (Å²) in [5, 5.41) is 20.0. The molecule has 0 fully saturated rings. The molecule has 1 atom stereocenters. The Kier molecular flexibility index (Phi) is 5.41. The number of halogens is 1. The fraction of sp³-hybridized carbons (Fsp3) is 0.222. The van der Waals surface area contributed by atoms with Crippen LogP contribution in [0.25, 0.3) is 0 Å². The number of nitrogens with zero attached hydrogens (tertiary/aromatic N) is 4. The fourth-order valence-electron chi connectivity index (χ4n) is 2.56. The minimum Gasteiger partial charge on any atom is -0.478 e. The summed E-state index contributed by atoms with van der Waals surface area (Å²) in [6.45, 7) is 4.24. The molecule has 0 aliphatic rings. The van der Waals surface area contributed by atoms with Crippen LogP contribution in [0.3, 0.4) is 0 Å². The molecule has 1 amide bonds. The Balaban J connectivity index is 1.70. The maximum Gasteiger partial charge on any atom is 0.338 e. The van der Waals surface area contributed by atoms with Gasteiger partial charge in [0.25, 0.3) is 0 Å². The van der Waals surface area contributed by atoms with Crippen LogP contribution < -0.4 is 5.32 Å². The van der Waals surface area contributed by atoms with Gasteiger partial charge in [-0.3, -0.25) is 14.2 Å². The number of aryl methyl sites for hydroxylation is 1. The molecular weight excluding hydrogens is 414 g/mol. The second-order valence-electron chi connectivity index (χ2n) is 6.19. The van der Waals surface area contributed by atoms with Crippen molar-refractivity contribution in [3.05, 3.63) is 64.0 Å². The topological polar surface area (TPSA) is 102 Å². The van der Waals surface area contributed by atoms with E-state index in [1.807, 2.05) is 25.1 Å². The molecule has 0 radical (unpaired) electrons. The molecule has 0 saturated heterocycles. The normalized spacial score (nSPS) is 12.0. The van der Waals surface area contributed by atoms with Gasteiger partial charge in [0, 0.05) is 12.4 Å². The minimum absolute atomic E-state index is 0.0262. The highest BCUT2D eigenvalue weighted by Gasteiger charge is 2.20. The number of rotatable bonds is 6. The average molecular weight is 432 g/mol. The molecule has 0 aliphatic carbocycles. The first-order valence-electron chi connectivity index (χ1n) is 8.20. The van der Waals surface area contributed by atoms with Gasteiger partial charge in [0.1, 0.15) is 6.04 Å². The van der Waals surface area contributed by atoms with Crippen molar-refractivity contribution in [1.29, 1.82) is 0 Å². The lowest BCUT2D eigenvalue weighted by Gasteiger charge is -2.11. The summed E-state index contributed by atoms with van der Waals surface area (Å²) in [6.07, 6.45) is 4.32. The standard InChI is InChI=1S/C18H18BrN5O3/c1-11-4-3-5-13(6-11)8-23-10-15(19)16(22-23)21-17(25)12(2)24-9-14(7-20-24)18(26)27/h3-7,9-10,12H,8H2,1-2H3,(H,26,27)(H,21,22,25). The van der Waals surface area contributed by atoms with Crippen molar-refractivity contribution in [2.45, 2.75) is 26.4 Å². The third-order valence-corrected chi connectivity index (χ3v) is 4.59. The quantitative estimate of drug-likeness (QED) is 0.624. The van der Waals surface area contributed by atoms with E-state index < -0.39 is 12.0 Å². The van der Waals surface area contributed by atoms with Gasteiger partial charge in [-0.15, -0.1) is 0 Å². The Labute approximate surface area is 163 Å². The number of carboxylic acid groups (broad SMARTS) is 1. The van der Waals surface area contributed by atoms with Crippen LogP contribution in [0.2, 0.25) is 0 Å². The molecule has 9 heteroatoms. The average Bonchev–Trinajstić information content (AvgIpc) is 3.22. The van der Waals surface area contributed by atoms with Crippen molar-refractivity contribution >= 4 is 33.6 Å². The maximum absolute atomic E-state index is 12.5. The number of aromatic carboxylic acids is 1. The number of hydrogen-bond acceptors (Lipinski definition) is 4. The van der Waals surface area contributed by atoms with Crippen molar-refractivity contribution in [1.82, 2.24) is 19.6 Å². The van der Waals surface area contributed by atoms with Crippen LogP contribution in [0.5, 0.6) is 0 Å². The van der Waals surface area contributed by atoms with Crippen LogP contribution in [0, 0.1) is 6.92 Å². The van der Waals surface area contributed by atoms with Crippen molar-refractivity contribution in [2.75, 3.05) is 5.32 Å². The number of carbonyl (C=O) groups excluding carboxylic acids is 1. The molecule has 8 nitrogen and oxygen atoms in total. The monoisotopic (exact) mass is 431 g/mol. The van der Waals surface area contributed by atoms with E-state index in [-0.39, 0.29) is 11.5 Å². The number of carboxylic acids is 1. The summed E-state index contributed by atoms with van der Waals surface area (Å²) < 4.78 is 3.69. The molecule has 27 heavy (non-hydrogen) atoms. The van der Waals surface area contributed by atoms with E-state index >= 15 is 0 Å². The first kappa shape index (κ1) is 18.8. The zero-order valence-corrected chi connectivity index (χ0v) is 16.3. The number of hydrogen-bond donors (Lipinski definition) is 2. The molecule has 3 rings (SSSR count). The third-order valence-electron chi connectivity index (χ3n) is 4.01. The van der Waals surface area contributed by atoms with E-state index in [1.165, 1.54) is 22.6 Å². The summed E-state index contributed by atoms with van der Waals surface area (Å²) in [4.78, 5) is 23.4. The Morgan fingerprint density at radius 1 is 1.33 bits per heavy atom. The minimum atomic E-state index is -1.09. The zero-order chi connectivity index (χ0) is 19.6. The summed E-state index contributed by atoms with van der Waals surface area (Å²) >= 11 is 3.40. The Bertz CT molecular complexity index is 995. The number of aromatic nitrogens is 4. The van der Waals surface area contributed by atoms with Crippen molar-refractivity contribution in [3.63, 3.8) is 0 Å².